The Morgan fingerprint density at radius 3 is 2.82 bits per heavy atom. The minimum Gasteiger partial charge on any atom is -0.468 e. The summed E-state index contributed by atoms with van der Waals surface area (Å²) in [5, 5.41) is 5.91. The van der Waals surface area contributed by atoms with Crippen LogP contribution in [0.4, 0.5) is 5.69 Å². The van der Waals surface area contributed by atoms with Crippen LogP contribution in [-0.2, 0) is 16.1 Å². The lowest BCUT2D eigenvalue weighted by atomic mass is 10.2. The maximum atomic E-state index is 11.9. The van der Waals surface area contributed by atoms with E-state index in [1.165, 1.54) is 25.3 Å². The van der Waals surface area contributed by atoms with Crippen LogP contribution in [-0.4, -0.2) is 25.5 Å². The molecule has 0 bridgehead atoms. The Morgan fingerprint density at radius 1 is 1.32 bits per heavy atom. The largest absolute Gasteiger partial charge is 0.468 e. The number of carbonyl (C=O) groups is 2. The van der Waals surface area contributed by atoms with E-state index in [4.69, 9.17) is 16.0 Å². The number of benzene rings is 1. The number of hydrogen-bond donors (Lipinski definition) is 2. The van der Waals surface area contributed by atoms with Gasteiger partial charge in [-0.3, -0.25) is 4.79 Å². The Bertz CT molecular complexity index is 656. The number of nitrogens with one attached hydrogen (secondary N) is 2. The number of halogens is 1. The first-order chi connectivity index (χ1) is 10.6. The molecule has 0 aliphatic heterocycles. The molecule has 0 unspecified atom stereocenters. The normalized spacial score (nSPS) is 10.3. The molecule has 0 spiro atoms. The molecular formula is C15H15ClN2O4. The van der Waals surface area contributed by atoms with Crippen LogP contribution in [0.1, 0.15) is 16.1 Å². The highest BCUT2D eigenvalue weighted by Gasteiger charge is 2.11. The Balaban J connectivity index is 1.91. The quantitative estimate of drug-likeness (QED) is 0.798. The maximum Gasteiger partial charge on any atom is 0.337 e. The molecule has 2 aromatic rings. The summed E-state index contributed by atoms with van der Waals surface area (Å²) < 4.78 is 9.77. The van der Waals surface area contributed by atoms with Gasteiger partial charge in [-0.1, -0.05) is 11.6 Å². The van der Waals surface area contributed by atoms with Gasteiger partial charge in [0.15, 0.2) is 0 Å². The predicted molar refractivity (Wildman–Crippen MR) is 81.8 cm³/mol. The van der Waals surface area contributed by atoms with E-state index in [2.05, 4.69) is 15.4 Å². The average Bonchev–Trinajstić information content (AvgIpc) is 3.02. The highest BCUT2D eigenvalue weighted by Crippen LogP contribution is 2.23. The summed E-state index contributed by atoms with van der Waals surface area (Å²) in [4.78, 5) is 23.3. The van der Waals surface area contributed by atoms with Gasteiger partial charge in [0.25, 0.3) is 0 Å². The fourth-order valence-corrected chi connectivity index (χ4v) is 1.94. The molecule has 0 aliphatic rings. The van der Waals surface area contributed by atoms with Crippen LogP contribution in [0, 0.1) is 0 Å². The summed E-state index contributed by atoms with van der Waals surface area (Å²) in [6, 6.07) is 8.11. The Hall–Kier alpha value is -2.31. The second-order valence-corrected chi connectivity index (χ2v) is 4.82. The van der Waals surface area contributed by atoms with Crippen molar-refractivity contribution in [1.29, 1.82) is 0 Å². The molecule has 0 saturated carbocycles. The number of rotatable bonds is 6. The molecule has 0 saturated heterocycles. The van der Waals surface area contributed by atoms with Gasteiger partial charge >= 0.3 is 5.97 Å². The smallest absolute Gasteiger partial charge is 0.337 e. The monoisotopic (exact) mass is 322 g/mol. The Morgan fingerprint density at radius 2 is 2.14 bits per heavy atom. The van der Waals surface area contributed by atoms with Crippen LogP contribution in [0.3, 0.4) is 0 Å². The van der Waals surface area contributed by atoms with Crippen LogP contribution in [0.5, 0.6) is 0 Å². The SMILES string of the molecule is COC(=O)c1ccc(Cl)c(NC(=O)CNCc2ccco2)c1. The third-order valence-electron chi connectivity index (χ3n) is 2.83. The van der Waals surface area contributed by atoms with Gasteiger partial charge in [0.05, 0.1) is 42.7 Å². The highest BCUT2D eigenvalue weighted by atomic mass is 35.5. The molecule has 6 nitrogen and oxygen atoms in total. The van der Waals surface area contributed by atoms with Crippen LogP contribution in [0.2, 0.25) is 5.02 Å². The fourth-order valence-electron chi connectivity index (χ4n) is 1.77. The zero-order chi connectivity index (χ0) is 15.9. The van der Waals surface area contributed by atoms with E-state index in [1.807, 2.05) is 6.07 Å². The lowest BCUT2D eigenvalue weighted by Gasteiger charge is -2.09. The molecule has 1 amide bonds. The van der Waals surface area contributed by atoms with Crippen LogP contribution in [0.25, 0.3) is 0 Å². The summed E-state index contributed by atoms with van der Waals surface area (Å²) in [6.45, 7) is 0.524. The maximum absolute atomic E-state index is 11.9. The summed E-state index contributed by atoms with van der Waals surface area (Å²) >= 11 is 6.00. The zero-order valence-corrected chi connectivity index (χ0v) is 12.6. The molecule has 7 heteroatoms. The van der Waals surface area contributed by atoms with Crippen molar-refractivity contribution in [1.82, 2.24) is 5.32 Å². The van der Waals surface area contributed by atoms with Gasteiger partial charge in [-0.05, 0) is 30.3 Å². The molecule has 22 heavy (non-hydrogen) atoms. The highest BCUT2D eigenvalue weighted by molar-refractivity contribution is 6.33. The standard InChI is InChI=1S/C15H15ClN2O4/c1-21-15(20)10-4-5-12(16)13(7-10)18-14(19)9-17-8-11-3-2-6-22-11/h2-7,17H,8-9H2,1H3,(H,18,19). The van der Waals surface area contributed by atoms with Crippen molar-refractivity contribution >= 4 is 29.2 Å². The number of anilines is 1. The summed E-state index contributed by atoms with van der Waals surface area (Å²) in [7, 11) is 1.29. The molecule has 116 valence electrons. The van der Waals surface area contributed by atoms with Crippen molar-refractivity contribution in [3.8, 4) is 0 Å². The minimum atomic E-state index is -0.497. The van der Waals surface area contributed by atoms with Gasteiger partial charge in [0.1, 0.15) is 5.76 Å². The summed E-state index contributed by atoms with van der Waals surface area (Å²) in [5.41, 5.74) is 0.667. The van der Waals surface area contributed by atoms with Crippen molar-refractivity contribution < 1.29 is 18.7 Å². The van der Waals surface area contributed by atoms with Gasteiger partial charge in [0.2, 0.25) is 5.91 Å². The molecule has 0 radical (unpaired) electrons. The number of esters is 1. The van der Waals surface area contributed by atoms with Crippen molar-refractivity contribution in [3.63, 3.8) is 0 Å². The fraction of sp³-hybridized carbons (Fsp3) is 0.200. The minimum absolute atomic E-state index is 0.0828. The average molecular weight is 323 g/mol. The first kappa shape index (κ1) is 16.1. The van der Waals surface area contributed by atoms with Crippen molar-refractivity contribution in [2.24, 2.45) is 0 Å². The molecule has 1 aromatic heterocycles. The first-order valence-electron chi connectivity index (χ1n) is 6.51. The van der Waals surface area contributed by atoms with Crippen LogP contribution >= 0.6 is 11.6 Å². The molecule has 0 fully saturated rings. The molecular weight excluding hydrogens is 308 g/mol. The van der Waals surface area contributed by atoms with E-state index in [-0.39, 0.29) is 12.5 Å². The zero-order valence-electron chi connectivity index (χ0n) is 11.9. The van der Waals surface area contributed by atoms with Crippen molar-refractivity contribution in [3.05, 3.63) is 52.9 Å². The summed E-state index contributed by atoms with van der Waals surface area (Å²) in [5.74, 6) is -0.0443. The predicted octanol–water partition coefficient (Wildman–Crippen LogP) is 2.45. The molecule has 2 N–H and O–H groups in total. The van der Waals surface area contributed by atoms with E-state index < -0.39 is 5.97 Å². The van der Waals surface area contributed by atoms with Crippen LogP contribution < -0.4 is 10.6 Å². The van der Waals surface area contributed by atoms with E-state index in [1.54, 1.807) is 12.3 Å². The molecule has 2 rings (SSSR count). The summed E-state index contributed by atoms with van der Waals surface area (Å²) in [6.07, 6.45) is 1.56. The molecule has 0 atom stereocenters. The Kier molecular flexibility index (Phi) is 5.57. The lowest BCUT2D eigenvalue weighted by Crippen LogP contribution is -2.27. The number of hydrogen-bond acceptors (Lipinski definition) is 5. The lowest BCUT2D eigenvalue weighted by molar-refractivity contribution is -0.115. The number of furan rings is 1. The Labute approximate surface area is 132 Å². The van der Waals surface area contributed by atoms with E-state index in [0.29, 0.717) is 22.8 Å². The third kappa shape index (κ3) is 4.34. The van der Waals surface area contributed by atoms with Crippen molar-refractivity contribution in [2.45, 2.75) is 6.54 Å². The van der Waals surface area contributed by atoms with E-state index >= 15 is 0 Å². The topological polar surface area (TPSA) is 80.6 Å². The third-order valence-corrected chi connectivity index (χ3v) is 3.16. The number of amides is 1. The van der Waals surface area contributed by atoms with E-state index in [9.17, 15) is 9.59 Å². The second kappa shape index (κ2) is 7.63. The number of carbonyl (C=O) groups excluding carboxylic acids is 2. The van der Waals surface area contributed by atoms with E-state index in [0.717, 1.165) is 5.76 Å². The second-order valence-electron chi connectivity index (χ2n) is 4.42. The number of methoxy groups -OCH3 is 1. The van der Waals surface area contributed by atoms with Crippen molar-refractivity contribution in [2.75, 3.05) is 19.0 Å². The van der Waals surface area contributed by atoms with Gasteiger partial charge in [-0.15, -0.1) is 0 Å². The molecule has 1 heterocycles. The van der Waals surface area contributed by atoms with Gasteiger partial charge in [0, 0.05) is 0 Å². The van der Waals surface area contributed by atoms with Gasteiger partial charge in [-0.2, -0.15) is 0 Å². The first-order valence-corrected chi connectivity index (χ1v) is 6.88. The molecule has 1 aromatic carbocycles. The number of ether oxygens (including phenoxy) is 1. The van der Waals surface area contributed by atoms with Gasteiger partial charge in [-0.25, -0.2) is 4.79 Å². The molecule has 0 aliphatic carbocycles. The van der Waals surface area contributed by atoms with Gasteiger partial charge < -0.3 is 19.8 Å². The van der Waals surface area contributed by atoms with Crippen LogP contribution in [0.15, 0.2) is 41.0 Å².